The van der Waals surface area contributed by atoms with Crippen LogP contribution in [0, 0.1) is 0 Å². The van der Waals surface area contributed by atoms with Crippen molar-refractivity contribution in [3.05, 3.63) is 29.8 Å². The molecule has 1 aromatic carbocycles. The van der Waals surface area contributed by atoms with Crippen molar-refractivity contribution in [3.8, 4) is 5.75 Å². The van der Waals surface area contributed by atoms with Crippen LogP contribution in [0.1, 0.15) is 51.5 Å². The van der Waals surface area contributed by atoms with Gasteiger partial charge in [-0.3, -0.25) is 4.99 Å². The smallest absolute Gasteiger partial charge is 0.213 e. The molecule has 30 heavy (non-hydrogen) atoms. The molecule has 172 valence electrons. The van der Waals surface area contributed by atoms with Gasteiger partial charge in [0.1, 0.15) is 5.75 Å². The first kappa shape index (κ1) is 27.0. The normalized spacial score (nSPS) is 17.1. The fourth-order valence-corrected chi connectivity index (χ4v) is 4.58. The molecule has 1 heterocycles. The van der Waals surface area contributed by atoms with Crippen molar-refractivity contribution in [3.63, 3.8) is 0 Å². The molecule has 0 radical (unpaired) electrons. The molecular formula is C21H37IN4O3S. The summed E-state index contributed by atoms with van der Waals surface area (Å²) in [7, 11) is -1.41. The van der Waals surface area contributed by atoms with Crippen LogP contribution in [0.3, 0.4) is 0 Å². The molecule has 2 rings (SSSR count). The Morgan fingerprint density at radius 1 is 1.23 bits per heavy atom. The summed E-state index contributed by atoms with van der Waals surface area (Å²) in [6.07, 6.45) is 2.55. The van der Waals surface area contributed by atoms with E-state index in [0.717, 1.165) is 44.1 Å². The standard InChI is InChI=1S/C21H36N4O3S.HI/c1-5-22-21(24-19-12-15-25(16-13-19)29(26,27)6-2)23-14-11-17(3)18-7-9-20(28-4)10-8-18;/h7-10,17,19H,5-6,11-16H2,1-4H3,(H2,22,23,24);1H. The number of nitrogens with zero attached hydrogens (tertiary/aromatic N) is 2. The Bertz CT molecular complexity index is 748. The molecule has 1 saturated heterocycles. The minimum absolute atomic E-state index is 0. The number of aliphatic imine (C=N–C) groups is 1. The average Bonchev–Trinajstić information content (AvgIpc) is 2.74. The van der Waals surface area contributed by atoms with Crippen LogP contribution in [-0.4, -0.2) is 63.8 Å². The largest absolute Gasteiger partial charge is 0.497 e. The summed E-state index contributed by atoms with van der Waals surface area (Å²) < 4.78 is 30.8. The maximum absolute atomic E-state index is 12.0. The Hall–Kier alpha value is -1.07. The molecule has 1 aliphatic rings. The summed E-state index contributed by atoms with van der Waals surface area (Å²) in [6.45, 7) is 8.62. The number of hydrogen-bond acceptors (Lipinski definition) is 4. The second kappa shape index (κ2) is 13.4. The highest BCUT2D eigenvalue weighted by molar-refractivity contribution is 14.0. The number of nitrogens with one attached hydrogen (secondary N) is 2. The first-order valence-corrected chi connectivity index (χ1v) is 12.2. The van der Waals surface area contributed by atoms with Gasteiger partial charge in [0.2, 0.25) is 10.0 Å². The van der Waals surface area contributed by atoms with E-state index >= 15 is 0 Å². The molecule has 0 saturated carbocycles. The van der Waals surface area contributed by atoms with E-state index in [2.05, 4.69) is 29.7 Å². The third-order valence-electron chi connectivity index (χ3n) is 5.41. The molecular weight excluding hydrogens is 515 g/mol. The first-order valence-electron chi connectivity index (χ1n) is 10.6. The molecule has 7 nitrogen and oxygen atoms in total. The number of piperidine rings is 1. The van der Waals surface area contributed by atoms with Crippen LogP contribution in [0.25, 0.3) is 0 Å². The lowest BCUT2D eigenvalue weighted by molar-refractivity contribution is 0.306. The lowest BCUT2D eigenvalue weighted by Gasteiger charge is -2.32. The molecule has 1 aliphatic heterocycles. The third-order valence-corrected chi connectivity index (χ3v) is 7.30. The Kier molecular flexibility index (Phi) is 12.0. The minimum Gasteiger partial charge on any atom is -0.497 e. The number of guanidine groups is 1. The van der Waals surface area contributed by atoms with E-state index in [0.29, 0.717) is 19.0 Å². The molecule has 0 spiro atoms. The maximum atomic E-state index is 12.0. The second-order valence-electron chi connectivity index (χ2n) is 7.44. The molecule has 0 aliphatic carbocycles. The Balaban J connectivity index is 0.00000450. The number of halogens is 1. The van der Waals surface area contributed by atoms with Crippen molar-refractivity contribution in [2.75, 3.05) is 39.0 Å². The molecule has 0 bridgehead atoms. The zero-order chi connectivity index (χ0) is 21.3. The summed E-state index contributed by atoms with van der Waals surface area (Å²) in [5.41, 5.74) is 1.28. The quantitative estimate of drug-likeness (QED) is 0.280. The van der Waals surface area contributed by atoms with Crippen LogP contribution >= 0.6 is 24.0 Å². The van der Waals surface area contributed by atoms with E-state index in [-0.39, 0.29) is 35.8 Å². The molecule has 0 aromatic heterocycles. The minimum atomic E-state index is -3.09. The number of rotatable bonds is 9. The lowest BCUT2D eigenvalue weighted by Crippen LogP contribution is -2.50. The molecule has 2 N–H and O–H groups in total. The van der Waals surface area contributed by atoms with Gasteiger partial charge < -0.3 is 15.4 Å². The highest BCUT2D eigenvalue weighted by Gasteiger charge is 2.26. The molecule has 9 heteroatoms. The Labute approximate surface area is 199 Å². The second-order valence-corrected chi connectivity index (χ2v) is 9.70. The molecule has 1 unspecified atom stereocenters. The van der Waals surface area contributed by atoms with Crippen LogP contribution in [0.4, 0.5) is 0 Å². The zero-order valence-electron chi connectivity index (χ0n) is 18.6. The molecule has 1 atom stereocenters. The van der Waals surface area contributed by atoms with Crippen LogP contribution in [-0.2, 0) is 10.0 Å². The monoisotopic (exact) mass is 552 g/mol. The first-order chi connectivity index (χ1) is 13.9. The van der Waals surface area contributed by atoms with Crippen LogP contribution in [0.2, 0.25) is 0 Å². The number of methoxy groups -OCH3 is 1. The van der Waals surface area contributed by atoms with Crippen molar-refractivity contribution in [2.45, 2.75) is 52.0 Å². The lowest BCUT2D eigenvalue weighted by atomic mass is 9.98. The van der Waals surface area contributed by atoms with Crippen molar-refractivity contribution in [1.29, 1.82) is 0 Å². The predicted molar refractivity (Wildman–Crippen MR) is 135 cm³/mol. The fraction of sp³-hybridized carbons (Fsp3) is 0.667. The number of ether oxygens (including phenoxy) is 1. The highest BCUT2D eigenvalue weighted by Crippen LogP contribution is 2.21. The van der Waals surface area contributed by atoms with Gasteiger partial charge in [0.05, 0.1) is 12.9 Å². The number of hydrogen-bond donors (Lipinski definition) is 2. The van der Waals surface area contributed by atoms with E-state index in [1.807, 2.05) is 19.1 Å². The topological polar surface area (TPSA) is 83.0 Å². The van der Waals surface area contributed by atoms with E-state index in [4.69, 9.17) is 9.73 Å². The zero-order valence-corrected chi connectivity index (χ0v) is 21.7. The predicted octanol–water partition coefficient (Wildman–Crippen LogP) is 3.18. The van der Waals surface area contributed by atoms with Gasteiger partial charge in [0.15, 0.2) is 5.96 Å². The van der Waals surface area contributed by atoms with E-state index in [1.165, 1.54) is 5.56 Å². The third kappa shape index (κ3) is 8.22. The molecule has 1 fully saturated rings. The van der Waals surface area contributed by atoms with Crippen LogP contribution in [0.15, 0.2) is 29.3 Å². The van der Waals surface area contributed by atoms with Gasteiger partial charge in [0, 0.05) is 32.2 Å². The SMILES string of the molecule is CCNC(=NCCC(C)c1ccc(OC)cc1)NC1CCN(S(=O)(=O)CC)CC1.I. The summed E-state index contributed by atoms with van der Waals surface area (Å²) in [4.78, 5) is 4.73. The van der Waals surface area contributed by atoms with Gasteiger partial charge >= 0.3 is 0 Å². The summed E-state index contributed by atoms with van der Waals surface area (Å²) in [5.74, 6) is 2.26. The van der Waals surface area contributed by atoms with Gasteiger partial charge in [-0.25, -0.2) is 12.7 Å². The van der Waals surface area contributed by atoms with Gasteiger partial charge in [-0.15, -0.1) is 24.0 Å². The number of sulfonamides is 1. The average molecular weight is 553 g/mol. The van der Waals surface area contributed by atoms with Crippen LogP contribution < -0.4 is 15.4 Å². The molecule has 0 amide bonds. The van der Waals surface area contributed by atoms with Crippen molar-refractivity contribution in [1.82, 2.24) is 14.9 Å². The van der Waals surface area contributed by atoms with Crippen LogP contribution in [0.5, 0.6) is 5.75 Å². The van der Waals surface area contributed by atoms with Gasteiger partial charge in [-0.05, 0) is 56.7 Å². The maximum Gasteiger partial charge on any atom is 0.213 e. The fourth-order valence-electron chi connectivity index (χ4n) is 3.44. The summed E-state index contributed by atoms with van der Waals surface area (Å²) >= 11 is 0. The van der Waals surface area contributed by atoms with Crippen molar-refractivity contribution < 1.29 is 13.2 Å². The summed E-state index contributed by atoms with van der Waals surface area (Å²) in [5, 5.41) is 6.78. The van der Waals surface area contributed by atoms with Gasteiger partial charge in [0.25, 0.3) is 0 Å². The van der Waals surface area contributed by atoms with Gasteiger partial charge in [-0.2, -0.15) is 0 Å². The Morgan fingerprint density at radius 2 is 1.87 bits per heavy atom. The van der Waals surface area contributed by atoms with E-state index < -0.39 is 10.0 Å². The Morgan fingerprint density at radius 3 is 2.40 bits per heavy atom. The van der Waals surface area contributed by atoms with E-state index in [9.17, 15) is 8.42 Å². The number of benzene rings is 1. The van der Waals surface area contributed by atoms with Crippen molar-refractivity contribution >= 4 is 40.0 Å². The molecule has 1 aromatic rings. The van der Waals surface area contributed by atoms with E-state index in [1.54, 1.807) is 18.3 Å². The van der Waals surface area contributed by atoms with Crippen molar-refractivity contribution in [2.24, 2.45) is 4.99 Å². The summed E-state index contributed by atoms with van der Waals surface area (Å²) in [6, 6.07) is 8.44. The van der Waals surface area contributed by atoms with Gasteiger partial charge in [-0.1, -0.05) is 19.1 Å². The highest BCUT2D eigenvalue weighted by atomic mass is 127.